The van der Waals surface area contributed by atoms with Gasteiger partial charge in [-0.15, -0.1) is 11.3 Å². The van der Waals surface area contributed by atoms with Gasteiger partial charge in [0.1, 0.15) is 0 Å². The Morgan fingerprint density at radius 3 is 2.65 bits per heavy atom. The maximum absolute atomic E-state index is 12.3. The predicted molar refractivity (Wildman–Crippen MR) is 71.4 cm³/mol. The number of ketones is 1. The summed E-state index contributed by atoms with van der Waals surface area (Å²) in [5.41, 5.74) is 8.94. The molecule has 0 atom stereocenters. The minimum atomic E-state index is -0.0569. The van der Waals surface area contributed by atoms with Crippen molar-refractivity contribution in [3.63, 3.8) is 0 Å². The van der Waals surface area contributed by atoms with Crippen LogP contribution in [0.3, 0.4) is 0 Å². The van der Waals surface area contributed by atoms with Crippen molar-refractivity contribution >= 4 is 45.3 Å². The van der Waals surface area contributed by atoms with Crippen LogP contribution in [0.2, 0.25) is 10.0 Å². The molecule has 86 valence electrons. The lowest BCUT2D eigenvalue weighted by Crippen LogP contribution is -2.14. The molecule has 17 heavy (non-hydrogen) atoms. The Morgan fingerprint density at radius 2 is 1.88 bits per heavy atom. The van der Waals surface area contributed by atoms with Crippen LogP contribution in [0.1, 0.15) is 27.0 Å². The molecule has 2 N–H and O–H groups in total. The monoisotopic (exact) mass is 283 g/mol. The topological polar surface area (TPSA) is 43.1 Å². The van der Waals surface area contributed by atoms with Gasteiger partial charge in [0.25, 0.3) is 0 Å². The lowest BCUT2D eigenvalue weighted by Gasteiger charge is -2.16. The van der Waals surface area contributed by atoms with E-state index in [1.807, 2.05) is 5.38 Å². The number of nitrogen functional groups attached to an aromatic ring is 1. The molecule has 1 aliphatic carbocycles. The number of hydrogen-bond donors (Lipinski definition) is 1. The molecule has 3 rings (SSSR count). The first kappa shape index (κ1) is 11.1. The fourth-order valence-electron chi connectivity index (χ4n) is 2.08. The third-order valence-electron chi connectivity index (χ3n) is 2.89. The van der Waals surface area contributed by atoms with Crippen molar-refractivity contribution in [2.75, 3.05) is 5.73 Å². The molecule has 0 radical (unpaired) electrons. The molecule has 0 aliphatic heterocycles. The van der Waals surface area contributed by atoms with Crippen LogP contribution in [-0.2, 0) is 6.42 Å². The van der Waals surface area contributed by atoms with Crippen molar-refractivity contribution in [2.24, 2.45) is 0 Å². The highest BCUT2D eigenvalue weighted by molar-refractivity contribution is 7.14. The normalized spacial score (nSPS) is 13.4. The summed E-state index contributed by atoms with van der Waals surface area (Å²) in [7, 11) is 0. The van der Waals surface area contributed by atoms with Crippen molar-refractivity contribution in [1.82, 2.24) is 0 Å². The second kappa shape index (κ2) is 3.73. The average molecular weight is 284 g/mol. The van der Waals surface area contributed by atoms with Crippen LogP contribution in [0, 0.1) is 0 Å². The van der Waals surface area contributed by atoms with Gasteiger partial charge in [-0.1, -0.05) is 23.2 Å². The van der Waals surface area contributed by atoms with Gasteiger partial charge in [0.2, 0.25) is 0 Å². The quantitative estimate of drug-likeness (QED) is 0.682. The predicted octanol–water partition coefficient (Wildman–Crippen LogP) is 3.77. The number of benzene rings is 1. The molecule has 0 saturated heterocycles. The van der Waals surface area contributed by atoms with Crippen LogP contribution in [0.15, 0.2) is 17.5 Å². The largest absolute Gasteiger partial charge is 0.390 e. The molecule has 0 fully saturated rings. The smallest absolute Gasteiger partial charge is 0.196 e. The Labute approximate surface area is 112 Å². The Morgan fingerprint density at radius 1 is 1.18 bits per heavy atom. The molecule has 1 aromatic carbocycles. The third kappa shape index (κ3) is 1.58. The number of anilines is 1. The maximum Gasteiger partial charge on any atom is 0.196 e. The molecule has 2 aromatic rings. The first-order valence-electron chi connectivity index (χ1n) is 4.96. The molecule has 0 amide bonds. The maximum atomic E-state index is 12.3. The van der Waals surface area contributed by atoms with Crippen molar-refractivity contribution < 1.29 is 4.79 Å². The summed E-state index contributed by atoms with van der Waals surface area (Å²) < 4.78 is 0. The lowest BCUT2D eigenvalue weighted by atomic mass is 9.87. The van der Waals surface area contributed by atoms with Crippen LogP contribution in [0.5, 0.6) is 0 Å². The van der Waals surface area contributed by atoms with E-state index in [1.54, 1.807) is 12.1 Å². The number of hydrogen-bond acceptors (Lipinski definition) is 3. The summed E-state index contributed by atoms with van der Waals surface area (Å²) in [5.74, 6) is -0.0569. The van der Waals surface area contributed by atoms with Crippen LogP contribution in [0.4, 0.5) is 5.00 Å². The van der Waals surface area contributed by atoms with Crippen LogP contribution in [0.25, 0.3) is 0 Å². The number of carbonyl (C=O) groups is 1. The van der Waals surface area contributed by atoms with E-state index in [0.29, 0.717) is 32.6 Å². The number of nitrogens with two attached hydrogens (primary N) is 1. The highest BCUT2D eigenvalue weighted by Gasteiger charge is 2.27. The molecule has 1 heterocycles. The van der Waals surface area contributed by atoms with Gasteiger partial charge in [-0.25, -0.2) is 0 Å². The summed E-state index contributed by atoms with van der Waals surface area (Å²) in [6, 6.07) is 3.38. The summed E-state index contributed by atoms with van der Waals surface area (Å²) in [6.45, 7) is 0. The summed E-state index contributed by atoms with van der Waals surface area (Å²) in [6.07, 6.45) is 0.682. The third-order valence-corrected chi connectivity index (χ3v) is 4.48. The van der Waals surface area contributed by atoms with E-state index in [2.05, 4.69) is 0 Å². The molecule has 0 unspecified atom stereocenters. The van der Waals surface area contributed by atoms with Crippen molar-refractivity contribution in [1.29, 1.82) is 0 Å². The van der Waals surface area contributed by atoms with Gasteiger partial charge >= 0.3 is 0 Å². The molecule has 5 heteroatoms. The Balaban J connectivity index is 2.25. The zero-order chi connectivity index (χ0) is 12.2. The fourth-order valence-corrected chi connectivity index (χ4v) is 3.25. The average Bonchev–Trinajstić information content (AvgIpc) is 2.64. The Bertz CT molecular complexity index is 648. The second-order valence-electron chi connectivity index (χ2n) is 3.93. The molecule has 1 aliphatic rings. The first-order chi connectivity index (χ1) is 8.08. The molecule has 0 saturated carbocycles. The minimum absolute atomic E-state index is 0.0569. The Hall–Kier alpha value is -1.03. The fraction of sp³-hybridized carbons (Fsp3) is 0.0833. The first-order valence-corrected chi connectivity index (χ1v) is 6.60. The van der Waals surface area contributed by atoms with Crippen molar-refractivity contribution in [2.45, 2.75) is 6.42 Å². The summed E-state index contributed by atoms with van der Waals surface area (Å²) in [5, 5.41) is 3.37. The van der Waals surface area contributed by atoms with Gasteiger partial charge in [0.15, 0.2) is 5.78 Å². The zero-order valence-electron chi connectivity index (χ0n) is 8.59. The van der Waals surface area contributed by atoms with E-state index in [4.69, 9.17) is 28.9 Å². The van der Waals surface area contributed by atoms with Crippen LogP contribution < -0.4 is 5.73 Å². The van der Waals surface area contributed by atoms with E-state index in [-0.39, 0.29) is 5.78 Å². The minimum Gasteiger partial charge on any atom is -0.390 e. The number of rotatable bonds is 0. The molecule has 2 nitrogen and oxygen atoms in total. The van der Waals surface area contributed by atoms with Crippen LogP contribution >= 0.6 is 34.5 Å². The lowest BCUT2D eigenvalue weighted by molar-refractivity contribution is 0.103. The number of fused-ring (bicyclic) bond motifs is 2. The molecule has 0 spiro atoms. The highest BCUT2D eigenvalue weighted by Crippen LogP contribution is 2.37. The van der Waals surface area contributed by atoms with E-state index in [1.165, 1.54) is 11.3 Å². The summed E-state index contributed by atoms with van der Waals surface area (Å²) >= 11 is 13.3. The van der Waals surface area contributed by atoms with Crippen molar-refractivity contribution in [3.05, 3.63) is 49.8 Å². The van der Waals surface area contributed by atoms with Crippen LogP contribution in [-0.4, -0.2) is 5.78 Å². The molecule has 0 bridgehead atoms. The molecule has 1 aromatic heterocycles. The van der Waals surface area contributed by atoms with Gasteiger partial charge in [0.05, 0.1) is 20.6 Å². The highest BCUT2D eigenvalue weighted by atomic mass is 35.5. The summed E-state index contributed by atoms with van der Waals surface area (Å²) in [4.78, 5) is 12.3. The van der Waals surface area contributed by atoms with Gasteiger partial charge in [0, 0.05) is 5.56 Å². The number of thiophene rings is 1. The second-order valence-corrected chi connectivity index (χ2v) is 5.66. The number of carbonyl (C=O) groups excluding carboxylic acids is 1. The van der Waals surface area contributed by atoms with E-state index >= 15 is 0 Å². The SMILES string of the molecule is Nc1scc2c1C(=O)c1cc(Cl)c(Cl)cc1C2. The zero-order valence-corrected chi connectivity index (χ0v) is 10.9. The van der Waals surface area contributed by atoms with Gasteiger partial charge < -0.3 is 5.73 Å². The number of halogens is 2. The van der Waals surface area contributed by atoms with Crippen molar-refractivity contribution in [3.8, 4) is 0 Å². The molecular weight excluding hydrogens is 277 g/mol. The standard InChI is InChI=1S/C12H7Cl2NOS/c13-8-2-5-1-6-4-17-12(15)10(6)11(16)7(5)3-9(8)14/h2-4H,1,15H2. The molecular formula is C12H7Cl2NOS. The van der Waals surface area contributed by atoms with E-state index in [9.17, 15) is 4.79 Å². The van der Waals surface area contributed by atoms with Gasteiger partial charge in [-0.05, 0) is 35.1 Å². The van der Waals surface area contributed by atoms with Gasteiger partial charge in [-0.2, -0.15) is 0 Å². The Kier molecular flexibility index (Phi) is 2.43. The van der Waals surface area contributed by atoms with Gasteiger partial charge in [-0.3, -0.25) is 4.79 Å². The van der Waals surface area contributed by atoms with E-state index in [0.717, 1.165) is 11.1 Å². The van der Waals surface area contributed by atoms with E-state index < -0.39 is 0 Å².